The molecule has 0 saturated heterocycles. The van der Waals surface area contributed by atoms with Crippen LogP contribution in [0.1, 0.15) is 38.7 Å². The van der Waals surface area contributed by atoms with E-state index in [0.29, 0.717) is 5.92 Å². The molecule has 94 valence electrons. The van der Waals surface area contributed by atoms with Gasteiger partial charge in [0.15, 0.2) is 0 Å². The summed E-state index contributed by atoms with van der Waals surface area (Å²) in [6.45, 7) is 4.52. The fraction of sp³-hybridized carbons (Fsp3) is 0.600. The van der Waals surface area contributed by atoms with Crippen LogP contribution in [0.15, 0.2) is 24.3 Å². The predicted octanol–water partition coefficient (Wildman–Crippen LogP) is 3.52. The summed E-state index contributed by atoms with van der Waals surface area (Å²) in [5.41, 5.74) is 7.39. The van der Waals surface area contributed by atoms with Crippen molar-refractivity contribution in [1.29, 1.82) is 0 Å². The highest BCUT2D eigenvalue weighted by Crippen LogP contribution is 2.37. The van der Waals surface area contributed by atoms with Gasteiger partial charge in [-0.05, 0) is 55.2 Å². The van der Waals surface area contributed by atoms with Crippen LogP contribution in [0.3, 0.4) is 0 Å². The molecule has 3 atom stereocenters. The number of hydrogen-bond acceptors (Lipinski definition) is 1. The number of halogens is 1. The van der Waals surface area contributed by atoms with Crippen LogP contribution in [0.5, 0.6) is 0 Å². The number of rotatable bonds is 2. The Bertz CT molecular complexity index is 390. The molecule has 2 N–H and O–H groups in total. The van der Waals surface area contributed by atoms with Gasteiger partial charge in [-0.3, -0.25) is 0 Å². The molecule has 0 heterocycles. The Kier molecular flexibility index (Phi) is 3.53. The van der Waals surface area contributed by atoms with E-state index in [9.17, 15) is 4.39 Å². The Morgan fingerprint density at radius 2 is 2.18 bits per heavy atom. The molecule has 0 radical (unpaired) electrons. The maximum Gasteiger partial charge on any atom is 0.123 e. The molecule has 0 amide bonds. The molecule has 17 heavy (non-hydrogen) atoms. The molecule has 1 aliphatic rings. The lowest BCUT2D eigenvalue weighted by atomic mass is 9.68. The van der Waals surface area contributed by atoms with E-state index in [1.165, 1.54) is 18.9 Å². The van der Waals surface area contributed by atoms with Gasteiger partial charge < -0.3 is 5.73 Å². The van der Waals surface area contributed by atoms with Crippen molar-refractivity contribution >= 4 is 0 Å². The molecular formula is C15H22FN. The Hall–Kier alpha value is -0.890. The van der Waals surface area contributed by atoms with Crippen LogP contribution in [0.4, 0.5) is 4.39 Å². The highest BCUT2D eigenvalue weighted by atomic mass is 19.1. The van der Waals surface area contributed by atoms with E-state index in [1.807, 2.05) is 6.07 Å². The van der Waals surface area contributed by atoms with Gasteiger partial charge in [0.1, 0.15) is 5.82 Å². The Morgan fingerprint density at radius 1 is 1.41 bits per heavy atom. The number of benzene rings is 1. The third kappa shape index (κ3) is 2.86. The molecule has 0 spiro atoms. The molecular weight excluding hydrogens is 213 g/mol. The molecule has 1 aliphatic carbocycles. The normalized spacial score (nSPS) is 33.6. The van der Waals surface area contributed by atoms with Gasteiger partial charge in [-0.2, -0.15) is 0 Å². The van der Waals surface area contributed by atoms with Crippen molar-refractivity contribution in [3.8, 4) is 0 Å². The molecule has 1 aromatic carbocycles. The van der Waals surface area contributed by atoms with Crippen molar-refractivity contribution in [3.63, 3.8) is 0 Å². The van der Waals surface area contributed by atoms with Crippen LogP contribution >= 0.6 is 0 Å². The lowest BCUT2D eigenvalue weighted by Gasteiger charge is -2.42. The minimum Gasteiger partial charge on any atom is -0.325 e. The van der Waals surface area contributed by atoms with E-state index in [0.717, 1.165) is 24.3 Å². The van der Waals surface area contributed by atoms with Gasteiger partial charge in [0.25, 0.3) is 0 Å². The first kappa shape index (κ1) is 12.6. The maximum absolute atomic E-state index is 13.2. The Labute approximate surface area is 103 Å². The van der Waals surface area contributed by atoms with Crippen molar-refractivity contribution in [1.82, 2.24) is 0 Å². The van der Waals surface area contributed by atoms with Crippen molar-refractivity contribution in [2.24, 2.45) is 17.6 Å². The Balaban J connectivity index is 2.11. The van der Waals surface area contributed by atoms with Crippen LogP contribution in [-0.4, -0.2) is 5.54 Å². The largest absolute Gasteiger partial charge is 0.325 e. The van der Waals surface area contributed by atoms with Gasteiger partial charge >= 0.3 is 0 Å². The minimum absolute atomic E-state index is 0.152. The lowest BCUT2D eigenvalue weighted by Crippen LogP contribution is -2.51. The second-order valence-electron chi connectivity index (χ2n) is 5.82. The molecule has 2 heteroatoms. The lowest BCUT2D eigenvalue weighted by molar-refractivity contribution is 0.163. The Morgan fingerprint density at radius 3 is 2.82 bits per heavy atom. The average Bonchev–Trinajstić information content (AvgIpc) is 2.25. The van der Waals surface area contributed by atoms with Crippen molar-refractivity contribution in [3.05, 3.63) is 35.6 Å². The van der Waals surface area contributed by atoms with Crippen molar-refractivity contribution in [2.45, 2.75) is 45.1 Å². The highest BCUT2D eigenvalue weighted by Gasteiger charge is 2.36. The topological polar surface area (TPSA) is 26.0 Å². The second kappa shape index (κ2) is 4.77. The molecule has 0 bridgehead atoms. The van der Waals surface area contributed by atoms with E-state index < -0.39 is 0 Å². The average molecular weight is 235 g/mol. The zero-order valence-electron chi connectivity index (χ0n) is 10.7. The fourth-order valence-electron chi connectivity index (χ4n) is 3.01. The summed E-state index contributed by atoms with van der Waals surface area (Å²) in [4.78, 5) is 0. The van der Waals surface area contributed by atoms with E-state index >= 15 is 0 Å². The zero-order valence-corrected chi connectivity index (χ0v) is 10.7. The number of hydrogen-bond donors (Lipinski definition) is 1. The molecule has 1 fully saturated rings. The first-order chi connectivity index (χ1) is 7.99. The molecule has 0 aliphatic heterocycles. The maximum atomic E-state index is 13.2. The van der Waals surface area contributed by atoms with Crippen molar-refractivity contribution < 1.29 is 4.39 Å². The highest BCUT2D eigenvalue weighted by molar-refractivity contribution is 5.20. The SMILES string of the molecule is CC1CCC(N)(Cc2cccc(F)c2)C(C)C1. The summed E-state index contributed by atoms with van der Waals surface area (Å²) < 4.78 is 13.2. The third-order valence-corrected chi connectivity index (χ3v) is 4.26. The van der Waals surface area contributed by atoms with Crippen LogP contribution in [0.25, 0.3) is 0 Å². The minimum atomic E-state index is -0.164. The summed E-state index contributed by atoms with van der Waals surface area (Å²) in [6, 6.07) is 6.84. The standard InChI is InChI=1S/C15H22FN/c1-11-6-7-15(17,12(2)8-11)10-13-4-3-5-14(16)9-13/h3-5,9,11-12H,6-8,10,17H2,1-2H3. The summed E-state index contributed by atoms with van der Waals surface area (Å²) >= 11 is 0. The monoisotopic (exact) mass is 235 g/mol. The molecule has 0 aromatic heterocycles. The van der Waals surface area contributed by atoms with Crippen LogP contribution in [-0.2, 0) is 6.42 Å². The molecule has 1 saturated carbocycles. The molecule has 3 unspecified atom stereocenters. The van der Waals surface area contributed by atoms with Crippen LogP contribution in [0, 0.1) is 17.7 Å². The van der Waals surface area contributed by atoms with Crippen LogP contribution in [0.2, 0.25) is 0 Å². The van der Waals surface area contributed by atoms with Crippen molar-refractivity contribution in [2.75, 3.05) is 0 Å². The van der Waals surface area contributed by atoms with Crippen LogP contribution < -0.4 is 5.73 Å². The zero-order chi connectivity index (χ0) is 12.5. The van der Waals surface area contributed by atoms with Gasteiger partial charge in [-0.15, -0.1) is 0 Å². The first-order valence-electron chi connectivity index (χ1n) is 6.53. The van der Waals surface area contributed by atoms with Gasteiger partial charge in [0.05, 0.1) is 0 Å². The van der Waals surface area contributed by atoms with E-state index in [1.54, 1.807) is 12.1 Å². The van der Waals surface area contributed by atoms with E-state index in [4.69, 9.17) is 5.73 Å². The van der Waals surface area contributed by atoms with Gasteiger partial charge in [-0.1, -0.05) is 26.0 Å². The van der Waals surface area contributed by atoms with E-state index in [2.05, 4.69) is 13.8 Å². The smallest absolute Gasteiger partial charge is 0.123 e. The number of nitrogens with two attached hydrogens (primary N) is 1. The summed E-state index contributed by atoms with van der Waals surface area (Å²) in [6.07, 6.45) is 4.21. The first-order valence-corrected chi connectivity index (χ1v) is 6.53. The summed E-state index contributed by atoms with van der Waals surface area (Å²) in [7, 11) is 0. The van der Waals surface area contributed by atoms with Gasteiger partial charge in [-0.25, -0.2) is 4.39 Å². The fourth-order valence-corrected chi connectivity index (χ4v) is 3.01. The van der Waals surface area contributed by atoms with Gasteiger partial charge in [0.2, 0.25) is 0 Å². The molecule has 1 nitrogen and oxygen atoms in total. The predicted molar refractivity (Wildman–Crippen MR) is 69.2 cm³/mol. The second-order valence-corrected chi connectivity index (χ2v) is 5.82. The molecule has 1 aromatic rings. The quantitative estimate of drug-likeness (QED) is 0.834. The molecule has 2 rings (SSSR count). The summed E-state index contributed by atoms with van der Waals surface area (Å²) in [5, 5.41) is 0. The third-order valence-electron chi connectivity index (χ3n) is 4.26. The van der Waals surface area contributed by atoms with Gasteiger partial charge in [0, 0.05) is 5.54 Å². The summed E-state index contributed by atoms with van der Waals surface area (Å²) in [5.74, 6) is 1.12. The van der Waals surface area contributed by atoms with E-state index in [-0.39, 0.29) is 11.4 Å².